The van der Waals surface area contributed by atoms with Crippen molar-refractivity contribution in [3.8, 4) is 6.19 Å². The van der Waals surface area contributed by atoms with Crippen LogP contribution in [0.3, 0.4) is 0 Å². The Labute approximate surface area is 116 Å². The van der Waals surface area contributed by atoms with E-state index < -0.39 is 0 Å². The molecule has 0 aliphatic rings. The average Bonchev–Trinajstić information content (AvgIpc) is 2.43. The topological polar surface area (TPSA) is 61.8 Å². The highest BCUT2D eigenvalue weighted by Crippen LogP contribution is 2.17. The Morgan fingerprint density at radius 3 is 2.63 bits per heavy atom. The van der Waals surface area contributed by atoms with Crippen LogP contribution in [0.1, 0.15) is 30.5 Å². The van der Waals surface area contributed by atoms with Crippen molar-refractivity contribution in [3.05, 3.63) is 52.7 Å². The average molecular weight is 257 g/mol. The maximum absolute atomic E-state index is 8.54. The van der Waals surface area contributed by atoms with E-state index in [4.69, 9.17) is 5.26 Å². The molecule has 1 aromatic rings. The zero-order chi connectivity index (χ0) is 14.8. The van der Waals surface area contributed by atoms with Crippen molar-refractivity contribution < 1.29 is 0 Å². The first kappa shape index (κ1) is 16.9. The Morgan fingerprint density at radius 2 is 2.11 bits per heavy atom. The third kappa shape index (κ3) is 5.41. The number of nitrogens with zero attached hydrogens (tertiary/aromatic N) is 1. The van der Waals surface area contributed by atoms with Crippen LogP contribution in [0.15, 0.2) is 36.0 Å². The van der Waals surface area contributed by atoms with Gasteiger partial charge in [-0.2, -0.15) is 5.26 Å². The van der Waals surface area contributed by atoms with E-state index in [1.54, 1.807) is 0 Å². The molecule has 0 aliphatic heterocycles. The van der Waals surface area contributed by atoms with Crippen molar-refractivity contribution in [2.45, 2.75) is 27.2 Å². The van der Waals surface area contributed by atoms with Gasteiger partial charge in [0, 0.05) is 5.70 Å². The summed E-state index contributed by atoms with van der Waals surface area (Å²) in [7, 11) is 1.50. The van der Waals surface area contributed by atoms with E-state index in [1.165, 1.54) is 23.7 Å². The van der Waals surface area contributed by atoms with Gasteiger partial charge in [0.05, 0.1) is 0 Å². The Kier molecular flexibility index (Phi) is 7.99. The predicted octanol–water partition coefficient (Wildman–Crippen LogP) is 3.12. The smallest absolute Gasteiger partial charge is 0.181 e. The van der Waals surface area contributed by atoms with Gasteiger partial charge >= 0.3 is 0 Å². The van der Waals surface area contributed by atoms with Gasteiger partial charge in [-0.1, -0.05) is 31.7 Å². The molecule has 0 saturated carbocycles. The Bertz CT molecular complexity index is 493. The lowest BCUT2D eigenvalue weighted by Crippen LogP contribution is -2.04. The van der Waals surface area contributed by atoms with Gasteiger partial charge in [0.15, 0.2) is 6.19 Å². The molecule has 0 aromatic heterocycles. The number of allylic oxidation sites excluding steroid dienone is 1. The standard InChI is InChI=1S/C15H18N2.CH5N/c1-5-14-7-6-11(2)15(9-14)8-12(3)13(4)17-10-16;1-2/h6-9,17H,4-5H2,1-3H3;2H2,1H3/b12-8+;. The zero-order valence-electron chi connectivity index (χ0n) is 12.2. The van der Waals surface area contributed by atoms with Gasteiger partial charge in [0.2, 0.25) is 0 Å². The number of benzene rings is 1. The number of hydrogen-bond acceptors (Lipinski definition) is 3. The fourth-order valence-corrected chi connectivity index (χ4v) is 1.55. The Morgan fingerprint density at radius 1 is 1.47 bits per heavy atom. The van der Waals surface area contributed by atoms with Gasteiger partial charge in [-0.15, -0.1) is 0 Å². The molecule has 0 radical (unpaired) electrons. The molecule has 0 atom stereocenters. The van der Waals surface area contributed by atoms with E-state index in [-0.39, 0.29) is 0 Å². The summed E-state index contributed by atoms with van der Waals surface area (Å²) in [5, 5.41) is 11.1. The van der Waals surface area contributed by atoms with Gasteiger partial charge in [0.1, 0.15) is 0 Å². The molecule has 3 N–H and O–H groups in total. The second kappa shape index (κ2) is 8.96. The molecule has 0 fully saturated rings. The van der Waals surface area contributed by atoms with Crippen LogP contribution in [0.2, 0.25) is 0 Å². The molecule has 19 heavy (non-hydrogen) atoms. The van der Waals surface area contributed by atoms with E-state index in [0.29, 0.717) is 5.70 Å². The second-order valence-corrected chi connectivity index (χ2v) is 4.09. The first-order chi connectivity index (χ1) is 9.08. The van der Waals surface area contributed by atoms with Crippen LogP contribution in [0.25, 0.3) is 6.08 Å². The maximum Gasteiger partial charge on any atom is 0.181 e. The maximum atomic E-state index is 8.54. The number of nitrogens with one attached hydrogen (secondary N) is 1. The van der Waals surface area contributed by atoms with E-state index in [1.807, 2.05) is 13.1 Å². The van der Waals surface area contributed by atoms with E-state index in [0.717, 1.165) is 12.0 Å². The monoisotopic (exact) mass is 257 g/mol. The van der Waals surface area contributed by atoms with Crippen molar-refractivity contribution in [2.24, 2.45) is 5.73 Å². The highest BCUT2D eigenvalue weighted by molar-refractivity contribution is 5.60. The second-order valence-electron chi connectivity index (χ2n) is 4.09. The normalized spacial score (nSPS) is 10.0. The summed E-state index contributed by atoms with van der Waals surface area (Å²) in [6, 6.07) is 6.45. The van der Waals surface area contributed by atoms with E-state index >= 15 is 0 Å². The lowest BCUT2D eigenvalue weighted by Gasteiger charge is -2.07. The molecule has 1 rings (SSSR count). The summed E-state index contributed by atoms with van der Waals surface area (Å²) in [6.07, 6.45) is 4.96. The Balaban J connectivity index is 0.00000154. The molecule has 0 unspecified atom stereocenters. The van der Waals surface area contributed by atoms with Crippen LogP contribution in [0, 0.1) is 18.4 Å². The van der Waals surface area contributed by atoms with Crippen molar-refractivity contribution in [1.29, 1.82) is 5.26 Å². The summed E-state index contributed by atoms with van der Waals surface area (Å²) >= 11 is 0. The quantitative estimate of drug-likeness (QED) is 0.495. The molecule has 0 aliphatic carbocycles. The molecule has 3 heteroatoms. The molecule has 3 nitrogen and oxygen atoms in total. The third-order valence-electron chi connectivity index (χ3n) is 2.81. The minimum Gasteiger partial charge on any atom is -0.333 e. The van der Waals surface area contributed by atoms with Crippen LogP contribution < -0.4 is 11.1 Å². The molecular formula is C16H23N3. The van der Waals surface area contributed by atoms with Gasteiger partial charge in [0.25, 0.3) is 0 Å². The largest absolute Gasteiger partial charge is 0.333 e. The van der Waals surface area contributed by atoms with Gasteiger partial charge < -0.3 is 5.73 Å². The first-order valence-electron chi connectivity index (χ1n) is 6.28. The van der Waals surface area contributed by atoms with Gasteiger partial charge in [-0.25, -0.2) is 0 Å². The molecule has 0 heterocycles. The van der Waals surface area contributed by atoms with Gasteiger partial charge in [-0.3, -0.25) is 5.32 Å². The fourth-order valence-electron chi connectivity index (χ4n) is 1.55. The zero-order valence-corrected chi connectivity index (χ0v) is 12.2. The summed E-state index contributed by atoms with van der Waals surface area (Å²) in [6.45, 7) is 9.98. The summed E-state index contributed by atoms with van der Waals surface area (Å²) < 4.78 is 0. The SMILES string of the molecule is C=C(NC#N)/C(C)=C/c1cc(CC)ccc1C.CN. The molecular weight excluding hydrogens is 234 g/mol. The van der Waals surface area contributed by atoms with E-state index in [2.05, 4.69) is 55.8 Å². The Hall–Kier alpha value is -2.05. The summed E-state index contributed by atoms with van der Waals surface area (Å²) in [5.41, 5.74) is 9.85. The van der Waals surface area contributed by atoms with Crippen molar-refractivity contribution in [3.63, 3.8) is 0 Å². The fraction of sp³-hybridized carbons (Fsp3) is 0.312. The molecule has 0 bridgehead atoms. The van der Waals surface area contributed by atoms with Crippen molar-refractivity contribution in [2.75, 3.05) is 7.05 Å². The lowest BCUT2D eigenvalue weighted by molar-refractivity contribution is 1.09. The summed E-state index contributed by atoms with van der Waals surface area (Å²) in [4.78, 5) is 0. The number of hydrogen-bond donors (Lipinski definition) is 2. The minimum atomic E-state index is 0.647. The molecule has 0 saturated heterocycles. The molecule has 1 aromatic carbocycles. The van der Waals surface area contributed by atoms with Crippen LogP contribution >= 0.6 is 0 Å². The van der Waals surface area contributed by atoms with E-state index in [9.17, 15) is 0 Å². The number of rotatable bonds is 4. The predicted molar refractivity (Wildman–Crippen MR) is 82.2 cm³/mol. The van der Waals surface area contributed by atoms with Crippen molar-refractivity contribution >= 4 is 6.08 Å². The van der Waals surface area contributed by atoms with Gasteiger partial charge in [-0.05, 0) is 55.7 Å². The first-order valence-corrected chi connectivity index (χ1v) is 6.28. The third-order valence-corrected chi connectivity index (χ3v) is 2.81. The summed E-state index contributed by atoms with van der Waals surface area (Å²) in [5.74, 6) is 0. The van der Waals surface area contributed by atoms with Crippen LogP contribution in [-0.2, 0) is 6.42 Å². The number of nitrogens with two attached hydrogens (primary N) is 1. The van der Waals surface area contributed by atoms with Crippen LogP contribution in [0.5, 0.6) is 0 Å². The molecule has 102 valence electrons. The van der Waals surface area contributed by atoms with Crippen molar-refractivity contribution in [1.82, 2.24) is 5.32 Å². The van der Waals surface area contributed by atoms with Crippen LogP contribution in [0.4, 0.5) is 0 Å². The molecule has 0 amide bonds. The highest BCUT2D eigenvalue weighted by Gasteiger charge is 2.00. The van der Waals surface area contributed by atoms with Crippen LogP contribution in [-0.4, -0.2) is 7.05 Å². The number of aryl methyl sites for hydroxylation is 2. The minimum absolute atomic E-state index is 0.647. The lowest BCUT2D eigenvalue weighted by atomic mass is 10.0. The molecule has 0 spiro atoms. The highest BCUT2D eigenvalue weighted by atomic mass is 14.9. The number of nitriles is 1.